The van der Waals surface area contributed by atoms with Gasteiger partial charge in [-0.2, -0.15) is 5.26 Å². The Morgan fingerprint density at radius 3 is 2.43 bits per heavy atom. The van der Waals surface area contributed by atoms with Gasteiger partial charge in [-0.1, -0.05) is 27.2 Å². The molecule has 1 heterocycles. The molecular formula is C18H32N2O. The summed E-state index contributed by atoms with van der Waals surface area (Å²) in [7, 11) is 0. The zero-order valence-electron chi connectivity index (χ0n) is 14.5. The molecule has 0 saturated carbocycles. The molecule has 0 spiro atoms. The van der Waals surface area contributed by atoms with E-state index in [-0.39, 0.29) is 5.41 Å². The minimum Gasteiger partial charge on any atom is -0.343 e. The molecule has 0 aromatic rings. The zero-order chi connectivity index (χ0) is 16.1. The highest BCUT2D eigenvalue weighted by atomic mass is 16.2. The van der Waals surface area contributed by atoms with Gasteiger partial charge in [0, 0.05) is 19.5 Å². The van der Waals surface area contributed by atoms with Gasteiger partial charge < -0.3 is 4.90 Å². The number of carbonyl (C=O) groups excluding carboxylic acids is 1. The maximum atomic E-state index is 12.2. The predicted molar refractivity (Wildman–Crippen MR) is 86.6 cm³/mol. The molecule has 3 heteroatoms. The first-order valence-corrected chi connectivity index (χ1v) is 8.35. The fourth-order valence-corrected chi connectivity index (χ4v) is 3.06. The van der Waals surface area contributed by atoms with Crippen molar-refractivity contribution in [1.82, 2.24) is 4.90 Å². The van der Waals surface area contributed by atoms with Gasteiger partial charge in [0.05, 0.1) is 11.5 Å². The molecule has 0 radical (unpaired) electrons. The number of hydrogen-bond donors (Lipinski definition) is 0. The van der Waals surface area contributed by atoms with Gasteiger partial charge in [0.1, 0.15) is 0 Å². The van der Waals surface area contributed by atoms with E-state index in [2.05, 4.69) is 26.8 Å². The molecule has 21 heavy (non-hydrogen) atoms. The van der Waals surface area contributed by atoms with Crippen molar-refractivity contribution in [3.8, 4) is 6.07 Å². The topological polar surface area (TPSA) is 44.1 Å². The smallest absolute Gasteiger partial charge is 0.222 e. The Hall–Kier alpha value is -1.04. The van der Waals surface area contributed by atoms with E-state index in [9.17, 15) is 4.79 Å². The van der Waals surface area contributed by atoms with Gasteiger partial charge in [-0.15, -0.1) is 0 Å². The molecule has 0 aromatic heterocycles. The molecule has 0 N–H and O–H groups in total. The number of rotatable bonds is 5. The summed E-state index contributed by atoms with van der Waals surface area (Å²) in [5.41, 5.74) is 0.0627. The van der Waals surface area contributed by atoms with Gasteiger partial charge in [-0.25, -0.2) is 0 Å². The fraction of sp³-hybridized carbons (Fsp3) is 0.889. The number of amides is 1. The molecule has 120 valence electrons. The van der Waals surface area contributed by atoms with Crippen LogP contribution in [-0.2, 0) is 4.79 Å². The molecule has 1 aliphatic rings. The molecule has 1 atom stereocenters. The van der Waals surface area contributed by atoms with Crippen LogP contribution in [0, 0.1) is 28.1 Å². The second-order valence-electron chi connectivity index (χ2n) is 8.22. The van der Waals surface area contributed by atoms with Crippen LogP contribution in [-0.4, -0.2) is 23.9 Å². The number of likely N-dealkylation sites (tertiary alicyclic amines) is 1. The van der Waals surface area contributed by atoms with Crippen LogP contribution in [0.2, 0.25) is 0 Å². The normalized spacial score (nSPS) is 21.0. The summed E-state index contributed by atoms with van der Waals surface area (Å²) in [5.74, 6) is 0.963. The van der Waals surface area contributed by atoms with E-state index in [1.165, 1.54) is 0 Å². The SMILES string of the molecule is CC(C)(C#N)CCCCN1CCC(C(C)(C)C)CCC1=O. The van der Waals surface area contributed by atoms with E-state index in [0.29, 0.717) is 23.7 Å². The van der Waals surface area contributed by atoms with Crippen LogP contribution in [0.15, 0.2) is 0 Å². The summed E-state index contributed by atoms with van der Waals surface area (Å²) >= 11 is 0. The zero-order valence-corrected chi connectivity index (χ0v) is 14.5. The lowest BCUT2D eigenvalue weighted by molar-refractivity contribution is -0.130. The van der Waals surface area contributed by atoms with Crippen LogP contribution < -0.4 is 0 Å². The minimum absolute atomic E-state index is 0.236. The van der Waals surface area contributed by atoms with Crippen LogP contribution in [0.4, 0.5) is 0 Å². The molecule has 1 rings (SSSR count). The maximum Gasteiger partial charge on any atom is 0.222 e. The largest absolute Gasteiger partial charge is 0.343 e. The van der Waals surface area contributed by atoms with Crippen molar-refractivity contribution in [3.63, 3.8) is 0 Å². The van der Waals surface area contributed by atoms with Crippen molar-refractivity contribution in [1.29, 1.82) is 5.26 Å². The number of nitriles is 1. The Labute approximate surface area is 130 Å². The second kappa shape index (κ2) is 7.29. The second-order valence-corrected chi connectivity index (χ2v) is 8.22. The Balaban J connectivity index is 2.39. The van der Waals surface area contributed by atoms with Crippen molar-refractivity contribution in [2.75, 3.05) is 13.1 Å². The van der Waals surface area contributed by atoms with E-state index >= 15 is 0 Å². The Bertz CT molecular complexity index is 387. The van der Waals surface area contributed by atoms with Crippen LogP contribution >= 0.6 is 0 Å². The van der Waals surface area contributed by atoms with Gasteiger partial charge in [0.2, 0.25) is 5.91 Å². The Morgan fingerprint density at radius 1 is 1.19 bits per heavy atom. The maximum absolute atomic E-state index is 12.2. The summed E-state index contributed by atoms with van der Waals surface area (Å²) in [6.07, 6.45) is 5.80. The Kier molecular flexibility index (Phi) is 6.25. The van der Waals surface area contributed by atoms with E-state index < -0.39 is 0 Å². The van der Waals surface area contributed by atoms with Crippen LogP contribution in [0.1, 0.15) is 73.1 Å². The van der Waals surface area contributed by atoms with Gasteiger partial charge in [0.25, 0.3) is 0 Å². The fourth-order valence-electron chi connectivity index (χ4n) is 3.06. The first-order chi connectivity index (χ1) is 9.65. The predicted octanol–water partition coefficient (Wildman–Crippen LogP) is 4.38. The monoisotopic (exact) mass is 292 g/mol. The quantitative estimate of drug-likeness (QED) is 0.706. The molecule has 1 fully saturated rings. The van der Waals surface area contributed by atoms with Crippen molar-refractivity contribution < 1.29 is 4.79 Å². The number of carbonyl (C=O) groups is 1. The van der Waals surface area contributed by atoms with Gasteiger partial charge in [0.15, 0.2) is 0 Å². The average Bonchev–Trinajstić information content (AvgIpc) is 2.57. The van der Waals surface area contributed by atoms with E-state index in [1.807, 2.05) is 18.7 Å². The molecule has 0 aromatic carbocycles. The van der Waals surface area contributed by atoms with Crippen LogP contribution in [0.25, 0.3) is 0 Å². The minimum atomic E-state index is -0.236. The molecule has 1 unspecified atom stereocenters. The average molecular weight is 292 g/mol. The third-order valence-electron chi connectivity index (χ3n) is 4.81. The molecule has 1 amide bonds. The number of unbranched alkanes of at least 4 members (excludes halogenated alkanes) is 1. The van der Waals surface area contributed by atoms with E-state index in [1.54, 1.807) is 0 Å². The van der Waals surface area contributed by atoms with Gasteiger partial charge in [-0.05, 0) is 50.9 Å². The van der Waals surface area contributed by atoms with Gasteiger partial charge >= 0.3 is 0 Å². The highest BCUT2D eigenvalue weighted by Gasteiger charge is 2.29. The van der Waals surface area contributed by atoms with Crippen molar-refractivity contribution in [2.45, 2.75) is 73.1 Å². The standard InChI is InChI=1S/C18H32N2O/c1-17(2,3)15-8-9-16(21)20(13-10-15)12-7-6-11-18(4,5)14-19/h15H,6-13H2,1-5H3. The lowest BCUT2D eigenvalue weighted by Gasteiger charge is -2.29. The summed E-state index contributed by atoms with van der Waals surface area (Å²) < 4.78 is 0. The highest BCUT2D eigenvalue weighted by Crippen LogP contribution is 2.34. The summed E-state index contributed by atoms with van der Waals surface area (Å²) in [6.45, 7) is 12.6. The van der Waals surface area contributed by atoms with E-state index in [0.717, 1.165) is 45.2 Å². The molecule has 1 saturated heterocycles. The lowest BCUT2D eigenvalue weighted by atomic mass is 9.77. The summed E-state index contributed by atoms with van der Waals surface area (Å²) in [4.78, 5) is 14.3. The third-order valence-corrected chi connectivity index (χ3v) is 4.81. The van der Waals surface area contributed by atoms with Crippen LogP contribution in [0.3, 0.4) is 0 Å². The first kappa shape index (κ1) is 18.0. The molecule has 0 bridgehead atoms. The highest BCUT2D eigenvalue weighted by molar-refractivity contribution is 5.76. The summed E-state index contributed by atoms with van der Waals surface area (Å²) in [5, 5.41) is 9.01. The molecule has 1 aliphatic heterocycles. The lowest BCUT2D eigenvalue weighted by Crippen LogP contribution is -2.31. The number of hydrogen-bond acceptors (Lipinski definition) is 2. The van der Waals surface area contributed by atoms with Crippen molar-refractivity contribution in [2.24, 2.45) is 16.7 Å². The van der Waals surface area contributed by atoms with E-state index in [4.69, 9.17) is 5.26 Å². The molecule has 3 nitrogen and oxygen atoms in total. The molecular weight excluding hydrogens is 260 g/mol. The Morgan fingerprint density at radius 2 is 1.86 bits per heavy atom. The molecule has 0 aliphatic carbocycles. The first-order valence-electron chi connectivity index (χ1n) is 8.35. The van der Waals surface area contributed by atoms with Crippen molar-refractivity contribution in [3.05, 3.63) is 0 Å². The van der Waals surface area contributed by atoms with Crippen LogP contribution in [0.5, 0.6) is 0 Å². The van der Waals surface area contributed by atoms with Gasteiger partial charge in [-0.3, -0.25) is 4.79 Å². The van der Waals surface area contributed by atoms with Crippen molar-refractivity contribution >= 4 is 5.91 Å². The number of nitrogens with zero attached hydrogens (tertiary/aromatic N) is 2. The third kappa shape index (κ3) is 6.08. The summed E-state index contributed by atoms with van der Waals surface area (Å²) in [6, 6.07) is 2.34.